The normalized spacial score (nSPS) is 28.7. The number of sulfone groups is 1. The number of likely N-dealkylation sites (tertiary alicyclic amines) is 1. The molecular formula is C19H26N4O4S. The molecular weight excluding hydrogens is 380 g/mol. The second kappa shape index (κ2) is 6.73. The molecule has 9 heteroatoms. The quantitative estimate of drug-likeness (QED) is 0.781. The van der Waals surface area contributed by atoms with Gasteiger partial charge in [0.2, 0.25) is 0 Å². The highest BCUT2D eigenvalue weighted by Gasteiger charge is 2.53. The molecule has 3 aliphatic rings. The number of anilines is 1. The van der Waals surface area contributed by atoms with Gasteiger partial charge < -0.3 is 15.1 Å². The van der Waals surface area contributed by atoms with Crippen LogP contribution < -0.4 is 10.2 Å². The van der Waals surface area contributed by atoms with Crippen molar-refractivity contribution in [2.75, 3.05) is 50.9 Å². The molecule has 3 fully saturated rings. The average Bonchev–Trinajstić information content (AvgIpc) is 3.31. The van der Waals surface area contributed by atoms with Gasteiger partial charge in [-0.05, 0) is 38.7 Å². The Morgan fingerprint density at radius 3 is 2.64 bits per heavy atom. The van der Waals surface area contributed by atoms with E-state index >= 15 is 0 Å². The maximum Gasteiger partial charge on any atom is 0.322 e. The number of carbonyl (C=O) groups is 2. The Morgan fingerprint density at radius 1 is 1.25 bits per heavy atom. The standard InChI is InChI=1S/C19H26N4O4S/c1-12-4-5-13(8-15(12)23-7-6-20-19(23)25)18(24)22-9-14-16(21(2)3)11-28(26,27)17(14)10-22/h4-5,8,14,16-17H,6-7,9-11H2,1-3H3,(H,20,25)/t14-,16-,17-/m0/s1. The Labute approximate surface area is 165 Å². The predicted octanol–water partition coefficient (Wildman–Crippen LogP) is 0.324. The van der Waals surface area contributed by atoms with Gasteiger partial charge >= 0.3 is 6.03 Å². The van der Waals surface area contributed by atoms with Crippen molar-refractivity contribution in [3.8, 4) is 0 Å². The number of urea groups is 1. The van der Waals surface area contributed by atoms with Crippen LogP contribution in [0.25, 0.3) is 0 Å². The van der Waals surface area contributed by atoms with Crippen molar-refractivity contribution in [3.05, 3.63) is 29.3 Å². The van der Waals surface area contributed by atoms with Gasteiger partial charge in [0.05, 0.1) is 11.0 Å². The monoisotopic (exact) mass is 406 g/mol. The van der Waals surface area contributed by atoms with Gasteiger partial charge in [-0.25, -0.2) is 13.2 Å². The van der Waals surface area contributed by atoms with E-state index in [0.717, 1.165) is 11.3 Å². The molecule has 28 heavy (non-hydrogen) atoms. The van der Waals surface area contributed by atoms with Gasteiger partial charge in [0, 0.05) is 49.4 Å². The first-order valence-corrected chi connectivity index (χ1v) is 11.2. The van der Waals surface area contributed by atoms with Crippen LogP contribution in [0.1, 0.15) is 15.9 Å². The summed E-state index contributed by atoms with van der Waals surface area (Å²) in [5, 5.41) is 2.28. The minimum Gasteiger partial charge on any atom is -0.337 e. The molecule has 0 radical (unpaired) electrons. The molecule has 1 aromatic carbocycles. The predicted molar refractivity (Wildman–Crippen MR) is 106 cm³/mol. The second-order valence-electron chi connectivity index (χ2n) is 8.16. The second-order valence-corrected chi connectivity index (χ2v) is 10.4. The topological polar surface area (TPSA) is 90.0 Å². The highest BCUT2D eigenvalue weighted by molar-refractivity contribution is 7.92. The van der Waals surface area contributed by atoms with Crippen LogP contribution in [0.3, 0.4) is 0 Å². The number of carbonyl (C=O) groups excluding carboxylic acids is 2. The smallest absolute Gasteiger partial charge is 0.322 e. The Kier molecular flexibility index (Phi) is 4.62. The summed E-state index contributed by atoms with van der Waals surface area (Å²) in [7, 11) is 0.580. The van der Waals surface area contributed by atoms with Crippen LogP contribution in [0.15, 0.2) is 18.2 Å². The Morgan fingerprint density at radius 2 is 2.00 bits per heavy atom. The van der Waals surface area contributed by atoms with E-state index in [1.807, 2.05) is 32.0 Å². The first-order chi connectivity index (χ1) is 13.2. The van der Waals surface area contributed by atoms with Gasteiger partial charge in [0.15, 0.2) is 9.84 Å². The van der Waals surface area contributed by atoms with Gasteiger partial charge in [-0.15, -0.1) is 0 Å². The van der Waals surface area contributed by atoms with Gasteiger partial charge in [0.1, 0.15) is 0 Å². The molecule has 3 atom stereocenters. The SMILES string of the molecule is Cc1ccc(C(=O)N2C[C@H]3[C@@H](N(C)C)CS(=O)(=O)[C@H]3C2)cc1N1CCNC1=O. The number of nitrogens with zero attached hydrogens (tertiary/aromatic N) is 3. The number of hydrogen-bond donors (Lipinski definition) is 1. The summed E-state index contributed by atoms with van der Waals surface area (Å²) in [5.74, 6) is -0.0722. The summed E-state index contributed by atoms with van der Waals surface area (Å²) in [5.41, 5.74) is 2.13. The lowest BCUT2D eigenvalue weighted by Gasteiger charge is -2.25. The minimum absolute atomic E-state index is 0.0572. The molecule has 3 amide bonds. The number of rotatable bonds is 3. The fourth-order valence-electron chi connectivity index (χ4n) is 4.65. The van der Waals surface area contributed by atoms with Crippen molar-refractivity contribution < 1.29 is 18.0 Å². The highest BCUT2D eigenvalue weighted by atomic mass is 32.2. The molecule has 0 saturated carbocycles. The van der Waals surface area contributed by atoms with Crippen molar-refractivity contribution in [2.24, 2.45) is 5.92 Å². The Hall–Kier alpha value is -2.13. The largest absolute Gasteiger partial charge is 0.337 e. The molecule has 8 nitrogen and oxygen atoms in total. The Balaban J connectivity index is 1.59. The van der Waals surface area contributed by atoms with Crippen LogP contribution in [0.2, 0.25) is 0 Å². The van der Waals surface area contributed by atoms with Crippen molar-refractivity contribution >= 4 is 27.5 Å². The van der Waals surface area contributed by atoms with E-state index < -0.39 is 15.1 Å². The van der Waals surface area contributed by atoms with Crippen LogP contribution in [0.4, 0.5) is 10.5 Å². The molecule has 3 heterocycles. The summed E-state index contributed by atoms with van der Waals surface area (Å²) in [4.78, 5) is 30.4. The lowest BCUT2D eigenvalue weighted by Crippen LogP contribution is -2.38. The Bertz CT molecular complexity index is 930. The lowest BCUT2D eigenvalue weighted by molar-refractivity contribution is 0.0779. The highest BCUT2D eigenvalue weighted by Crippen LogP contribution is 2.36. The summed E-state index contributed by atoms with van der Waals surface area (Å²) in [6.07, 6.45) is 0. The molecule has 1 aromatic rings. The van der Waals surface area contributed by atoms with E-state index in [1.165, 1.54) is 0 Å². The maximum absolute atomic E-state index is 13.1. The summed E-state index contributed by atoms with van der Waals surface area (Å²) in [6.45, 7) is 3.73. The molecule has 152 valence electrons. The van der Waals surface area contributed by atoms with Crippen molar-refractivity contribution in [3.63, 3.8) is 0 Å². The van der Waals surface area contributed by atoms with E-state index in [0.29, 0.717) is 25.2 Å². The third kappa shape index (κ3) is 3.06. The van der Waals surface area contributed by atoms with Gasteiger partial charge in [-0.3, -0.25) is 9.69 Å². The maximum atomic E-state index is 13.1. The number of amides is 3. The third-order valence-electron chi connectivity index (χ3n) is 6.22. The van der Waals surface area contributed by atoms with Crippen molar-refractivity contribution in [1.82, 2.24) is 15.1 Å². The minimum atomic E-state index is -3.20. The van der Waals surface area contributed by atoms with E-state index in [9.17, 15) is 18.0 Å². The van der Waals surface area contributed by atoms with Gasteiger partial charge in [0.25, 0.3) is 5.91 Å². The summed E-state index contributed by atoms with van der Waals surface area (Å²) < 4.78 is 25.1. The molecule has 0 unspecified atom stereocenters. The zero-order valence-corrected chi connectivity index (χ0v) is 17.2. The van der Waals surface area contributed by atoms with Crippen LogP contribution in [-0.2, 0) is 9.84 Å². The van der Waals surface area contributed by atoms with Crippen LogP contribution in [-0.4, -0.2) is 87.5 Å². The molecule has 0 bridgehead atoms. The fourth-order valence-corrected chi connectivity index (χ4v) is 7.12. The molecule has 0 spiro atoms. The van der Waals surface area contributed by atoms with Crippen LogP contribution in [0, 0.1) is 12.8 Å². The third-order valence-corrected chi connectivity index (χ3v) is 8.45. The van der Waals surface area contributed by atoms with E-state index in [2.05, 4.69) is 5.32 Å². The van der Waals surface area contributed by atoms with E-state index in [1.54, 1.807) is 21.9 Å². The van der Waals surface area contributed by atoms with E-state index in [4.69, 9.17) is 0 Å². The summed E-state index contributed by atoms with van der Waals surface area (Å²) >= 11 is 0. The number of hydrogen-bond acceptors (Lipinski definition) is 5. The van der Waals surface area contributed by atoms with Crippen LogP contribution in [0.5, 0.6) is 0 Å². The molecule has 0 aliphatic carbocycles. The average molecular weight is 407 g/mol. The van der Waals surface area contributed by atoms with E-state index in [-0.39, 0.29) is 36.2 Å². The summed E-state index contributed by atoms with van der Waals surface area (Å²) in [6, 6.07) is 5.11. The molecule has 4 rings (SSSR count). The lowest BCUT2D eigenvalue weighted by atomic mass is 10.00. The fraction of sp³-hybridized carbons (Fsp3) is 0.579. The van der Waals surface area contributed by atoms with Crippen LogP contribution >= 0.6 is 0 Å². The molecule has 3 aliphatic heterocycles. The zero-order chi connectivity index (χ0) is 20.2. The number of nitrogens with one attached hydrogen (secondary N) is 1. The first-order valence-electron chi connectivity index (χ1n) is 9.52. The van der Waals surface area contributed by atoms with Gasteiger partial charge in [-0.1, -0.05) is 6.07 Å². The zero-order valence-electron chi connectivity index (χ0n) is 16.4. The number of aryl methyl sites for hydroxylation is 1. The number of fused-ring (bicyclic) bond motifs is 1. The first kappa shape index (κ1) is 19.2. The number of benzene rings is 1. The molecule has 1 N–H and O–H groups in total. The molecule has 3 saturated heterocycles. The van der Waals surface area contributed by atoms with Crippen molar-refractivity contribution in [2.45, 2.75) is 18.2 Å². The molecule has 0 aromatic heterocycles. The van der Waals surface area contributed by atoms with Crippen molar-refractivity contribution in [1.29, 1.82) is 0 Å². The van der Waals surface area contributed by atoms with Gasteiger partial charge in [-0.2, -0.15) is 0 Å².